The number of hydrogen-bond acceptors (Lipinski definition) is 6. The minimum absolute atomic E-state index is 0.0271. The summed E-state index contributed by atoms with van der Waals surface area (Å²) in [7, 11) is 1.32. The molecule has 0 bridgehead atoms. The van der Waals surface area contributed by atoms with E-state index < -0.39 is 29.7 Å². The maximum Gasteiger partial charge on any atom is 0.408 e. The van der Waals surface area contributed by atoms with E-state index in [1.165, 1.54) is 7.11 Å². The van der Waals surface area contributed by atoms with Crippen molar-refractivity contribution in [2.24, 2.45) is 11.8 Å². The van der Waals surface area contributed by atoms with Crippen LogP contribution in [0.5, 0.6) is 0 Å². The molecule has 1 aliphatic rings. The number of methoxy groups -OCH3 is 1. The van der Waals surface area contributed by atoms with Crippen molar-refractivity contribution in [3.8, 4) is 0 Å². The fraction of sp³-hybridized carbons (Fsp3) is 0.842. The summed E-state index contributed by atoms with van der Waals surface area (Å²) in [6.07, 6.45) is 3.40. The number of rotatable bonds is 8. The van der Waals surface area contributed by atoms with Crippen molar-refractivity contribution in [2.75, 3.05) is 13.7 Å². The number of nitrogens with one attached hydrogen (secondary N) is 2. The molecule has 0 saturated heterocycles. The van der Waals surface area contributed by atoms with E-state index in [0.717, 1.165) is 25.7 Å². The molecular weight excluding hydrogens is 336 g/mol. The first-order valence-electron chi connectivity index (χ1n) is 9.38. The van der Waals surface area contributed by atoms with Gasteiger partial charge in [-0.3, -0.25) is 14.9 Å². The van der Waals surface area contributed by atoms with Gasteiger partial charge in [-0.15, -0.1) is 0 Å². The molecule has 1 unspecified atom stereocenters. The molecule has 1 amide bonds. The lowest BCUT2D eigenvalue weighted by molar-refractivity contribution is -0.140. The first-order chi connectivity index (χ1) is 12.0. The minimum Gasteiger partial charge on any atom is -0.468 e. The SMILES string of the molecule is COC(=O)CNC(C(=O)[C@@H](NC(=O)OC(C)(C)C)C(C)C)C1CCCC1. The van der Waals surface area contributed by atoms with Gasteiger partial charge >= 0.3 is 12.1 Å². The van der Waals surface area contributed by atoms with Crippen LogP contribution in [0.15, 0.2) is 0 Å². The van der Waals surface area contributed by atoms with Gasteiger partial charge in [-0.05, 0) is 45.4 Å². The van der Waals surface area contributed by atoms with E-state index in [-0.39, 0.29) is 24.2 Å². The van der Waals surface area contributed by atoms with E-state index in [1.807, 2.05) is 13.8 Å². The molecule has 1 fully saturated rings. The molecule has 0 aromatic carbocycles. The van der Waals surface area contributed by atoms with Crippen LogP contribution < -0.4 is 10.6 Å². The van der Waals surface area contributed by atoms with Gasteiger partial charge in [0.15, 0.2) is 5.78 Å². The number of hydrogen-bond donors (Lipinski definition) is 2. The van der Waals surface area contributed by atoms with Crippen LogP contribution in [-0.2, 0) is 19.1 Å². The Bertz CT molecular complexity index is 493. The molecular formula is C19H34N2O5. The highest BCUT2D eigenvalue weighted by atomic mass is 16.6. The Morgan fingerprint density at radius 3 is 2.15 bits per heavy atom. The normalized spacial score (nSPS) is 17.7. The highest BCUT2D eigenvalue weighted by molar-refractivity contribution is 5.92. The van der Waals surface area contributed by atoms with E-state index in [1.54, 1.807) is 20.8 Å². The predicted molar refractivity (Wildman–Crippen MR) is 98.8 cm³/mol. The van der Waals surface area contributed by atoms with Crippen LogP contribution in [0.1, 0.15) is 60.3 Å². The molecule has 2 N–H and O–H groups in total. The maximum absolute atomic E-state index is 13.2. The Morgan fingerprint density at radius 2 is 1.69 bits per heavy atom. The lowest BCUT2D eigenvalue weighted by atomic mass is 9.87. The lowest BCUT2D eigenvalue weighted by Crippen LogP contribution is -2.55. The zero-order valence-corrected chi connectivity index (χ0v) is 16.9. The molecule has 0 spiro atoms. The van der Waals surface area contributed by atoms with Crippen LogP contribution >= 0.6 is 0 Å². The smallest absolute Gasteiger partial charge is 0.408 e. The molecule has 2 atom stereocenters. The van der Waals surface area contributed by atoms with E-state index >= 15 is 0 Å². The number of amides is 1. The molecule has 1 saturated carbocycles. The first-order valence-corrected chi connectivity index (χ1v) is 9.38. The van der Waals surface area contributed by atoms with Crippen LogP contribution in [-0.4, -0.2) is 49.2 Å². The Morgan fingerprint density at radius 1 is 1.12 bits per heavy atom. The Labute approximate surface area is 156 Å². The average molecular weight is 370 g/mol. The van der Waals surface area contributed by atoms with Crippen LogP contribution in [0.4, 0.5) is 4.79 Å². The summed E-state index contributed by atoms with van der Waals surface area (Å²) in [5.74, 6) is -0.462. The lowest BCUT2D eigenvalue weighted by Gasteiger charge is -2.30. The van der Waals surface area contributed by atoms with E-state index in [9.17, 15) is 14.4 Å². The largest absolute Gasteiger partial charge is 0.468 e. The number of carbonyl (C=O) groups excluding carboxylic acids is 3. The number of ketones is 1. The molecule has 1 aliphatic carbocycles. The molecule has 0 aliphatic heterocycles. The fourth-order valence-corrected chi connectivity index (χ4v) is 3.25. The van der Waals surface area contributed by atoms with E-state index in [2.05, 4.69) is 15.4 Å². The Kier molecular flexibility index (Phi) is 8.53. The zero-order valence-electron chi connectivity index (χ0n) is 16.9. The number of alkyl carbamates (subject to hydrolysis) is 1. The highest BCUT2D eigenvalue weighted by Crippen LogP contribution is 2.29. The number of Topliss-reactive ketones (excluding diaryl/α,β-unsaturated/α-hetero) is 1. The molecule has 150 valence electrons. The fourth-order valence-electron chi connectivity index (χ4n) is 3.25. The third-order valence-electron chi connectivity index (χ3n) is 4.52. The quantitative estimate of drug-likeness (QED) is 0.637. The van der Waals surface area contributed by atoms with Crippen molar-refractivity contribution in [3.63, 3.8) is 0 Å². The Balaban J connectivity index is 2.87. The number of ether oxygens (including phenoxy) is 2. The van der Waals surface area contributed by atoms with Crippen molar-refractivity contribution in [1.29, 1.82) is 0 Å². The zero-order chi connectivity index (χ0) is 19.9. The summed E-state index contributed by atoms with van der Waals surface area (Å²) in [5.41, 5.74) is -0.636. The summed E-state index contributed by atoms with van der Waals surface area (Å²) >= 11 is 0. The predicted octanol–water partition coefficient (Wildman–Crippen LogP) is 2.43. The van der Waals surface area contributed by atoms with Gasteiger partial charge in [0, 0.05) is 0 Å². The van der Waals surface area contributed by atoms with Crippen LogP contribution in [0.2, 0.25) is 0 Å². The van der Waals surface area contributed by atoms with Crippen molar-refractivity contribution in [2.45, 2.75) is 78.0 Å². The van der Waals surface area contributed by atoms with Gasteiger partial charge in [0.1, 0.15) is 5.60 Å². The van der Waals surface area contributed by atoms with Crippen LogP contribution in [0, 0.1) is 11.8 Å². The average Bonchev–Trinajstić information content (AvgIpc) is 3.04. The summed E-state index contributed by atoms with van der Waals surface area (Å²) < 4.78 is 9.96. The van der Waals surface area contributed by atoms with Crippen molar-refractivity contribution < 1.29 is 23.9 Å². The van der Waals surface area contributed by atoms with Crippen molar-refractivity contribution in [1.82, 2.24) is 10.6 Å². The third-order valence-corrected chi connectivity index (χ3v) is 4.52. The van der Waals surface area contributed by atoms with Crippen LogP contribution in [0.3, 0.4) is 0 Å². The van der Waals surface area contributed by atoms with Gasteiger partial charge in [-0.1, -0.05) is 26.7 Å². The second kappa shape index (κ2) is 9.90. The van der Waals surface area contributed by atoms with Gasteiger partial charge in [-0.25, -0.2) is 4.79 Å². The molecule has 26 heavy (non-hydrogen) atoms. The van der Waals surface area contributed by atoms with Crippen molar-refractivity contribution in [3.05, 3.63) is 0 Å². The van der Waals surface area contributed by atoms with Gasteiger partial charge in [0.25, 0.3) is 0 Å². The minimum atomic E-state index is -0.680. The third kappa shape index (κ3) is 7.32. The topological polar surface area (TPSA) is 93.7 Å². The van der Waals surface area contributed by atoms with Gasteiger partial charge in [-0.2, -0.15) is 0 Å². The van der Waals surface area contributed by atoms with E-state index in [0.29, 0.717) is 0 Å². The summed E-state index contributed by atoms with van der Waals surface area (Å²) in [5, 5.41) is 5.76. The van der Waals surface area contributed by atoms with Gasteiger partial charge in [0.2, 0.25) is 0 Å². The van der Waals surface area contributed by atoms with Gasteiger partial charge in [0.05, 0.1) is 25.7 Å². The number of carbonyl (C=O) groups is 3. The Hall–Kier alpha value is -1.63. The molecule has 7 heteroatoms. The molecule has 0 aromatic rings. The van der Waals surface area contributed by atoms with E-state index in [4.69, 9.17) is 4.74 Å². The summed E-state index contributed by atoms with van der Waals surface area (Å²) in [4.78, 5) is 36.8. The first kappa shape index (κ1) is 22.4. The van der Waals surface area contributed by atoms with Crippen molar-refractivity contribution >= 4 is 17.8 Å². The number of esters is 1. The maximum atomic E-state index is 13.2. The standard InChI is InChI=1S/C19H34N2O5/c1-12(2)15(21-18(24)26-19(3,4)5)17(23)16(13-9-7-8-10-13)20-11-14(22)25-6/h12-13,15-16,20H,7-11H2,1-6H3,(H,21,24)/t15-,16?/m0/s1. The van der Waals surface area contributed by atoms with Crippen LogP contribution in [0.25, 0.3) is 0 Å². The molecule has 0 radical (unpaired) electrons. The summed E-state index contributed by atoms with van der Waals surface area (Å²) in [6, 6.07) is -1.17. The van der Waals surface area contributed by atoms with Gasteiger partial charge < -0.3 is 14.8 Å². The molecule has 1 rings (SSSR count). The molecule has 0 aromatic heterocycles. The monoisotopic (exact) mass is 370 g/mol. The molecule has 7 nitrogen and oxygen atoms in total. The summed E-state index contributed by atoms with van der Waals surface area (Å²) in [6.45, 7) is 9.06. The second-order valence-electron chi connectivity index (χ2n) is 8.25. The second-order valence-corrected chi connectivity index (χ2v) is 8.25. The highest BCUT2D eigenvalue weighted by Gasteiger charge is 2.37. The molecule has 0 heterocycles.